The Kier molecular flexibility index (Phi) is 7.70. The summed E-state index contributed by atoms with van der Waals surface area (Å²) < 4.78 is 50.5. The zero-order valence-corrected chi connectivity index (χ0v) is 18.9. The first-order chi connectivity index (χ1) is 17.4. The van der Waals surface area contributed by atoms with Gasteiger partial charge in [0.15, 0.2) is 12.2 Å². The van der Waals surface area contributed by atoms with Crippen molar-refractivity contribution in [3.05, 3.63) is 108 Å². The normalized spacial score (nSPS) is 21.1. The molecule has 1 aliphatic heterocycles. The maximum Gasteiger partial charge on any atom is 0.338 e. The van der Waals surface area contributed by atoms with E-state index in [0.29, 0.717) is 0 Å². The third-order valence-electron chi connectivity index (χ3n) is 5.65. The fourth-order valence-electron chi connectivity index (χ4n) is 3.74. The minimum absolute atomic E-state index is 0.0991. The predicted octanol–water partition coefficient (Wildman–Crippen LogP) is 4.33. The van der Waals surface area contributed by atoms with Crippen molar-refractivity contribution >= 4 is 17.9 Å². The molecule has 0 N–H and O–H groups in total. The molecule has 7 nitrogen and oxygen atoms in total. The second-order valence-corrected chi connectivity index (χ2v) is 8.01. The first-order valence-corrected chi connectivity index (χ1v) is 11.1. The number of halogens is 2. The Labute approximate surface area is 205 Å². The molecular formula is C27H22F2O7. The average Bonchev–Trinajstić information content (AvgIpc) is 3.26. The van der Waals surface area contributed by atoms with E-state index in [-0.39, 0.29) is 16.7 Å². The second-order valence-electron chi connectivity index (χ2n) is 8.01. The molecule has 1 aliphatic rings. The summed E-state index contributed by atoms with van der Waals surface area (Å²) in [6.45, 7) is -1.44. The van der Waals surface area contributed by atoms with Crippen LogP contribution in [0.3, 0.4) is 0 Å². The standard InChI is InChI=1S/C27H22F2O7/c28-26(29)27(17-33-23(30)18-10-4-1-5-11-18)22(36-25(32)20-14-8-3-9-15-20)21(16-34-27)35-24(31)19-12-6-2-7-13-19/h1-15,21-22,26H,16-17H2/t21-,22-,27+/m0/s1. The Morgan fingerprint density at radius 3 is 1.67 bits per heavy atom. The van der Waals surface area contributed by atoms with Crippen LogP contribution in [0.25, 0.3) is 0 Å². The van der Waals surface area contributed by atoms with E-state index in [0.717, 1.165) is 0 Å². The summed E-state index contributed by atoms with van der Waals surface area (Å²) in [6.07, 6.45) is -6.40. The molecule has 3 atom stereocenters. The predicted molar refractivity (Wildman–Crippen MR) is 123 cm³/mol. The number of benzene rings is 3. The third-order valence-corrected chi connectivity index (χ3v) is 5.65. The molecule has 36 heavy (non-hydrogen) atoms. The van der Waals surface area contributed by atoms with Crippen LogP contribution in [-0.2, 0) is 18.9 Å². The van der Waals surface area contributed by atoms with Crippen LogP contribution in [-0.4, -0.2) is 55.4 Å². The van der Waals surface area contributed by atoms with Crippen LogP contribution in [0.2, 0.25) is 0 Å². The number of alkyl halides is 2. The van der Waals surface area contributed by atoms with Crippen molar-refractivity contribution in [1.29, 1.82) is 0 Å². The highest BCUT2D eigenvalue weighted by molar-refractivity contribution is 5.91. The van der Waals surface area contributed by atoms with Gasteiger partial charge in [0.05, 0.1) is 23.3 Å². The van der Waals surface area contributed by atoms with Gasteiger partial charge in [-0.05, 0) is 36.4 Å². The topological polar surface area (TPSA) is 88.1 Å². The summed E-state index contributed by atoms with van der Waals surface area (Å²) in [5.74, 6) is -2.60. The van der Waals surface area contributed by atoms with Gasteiger partial charge in [0.1, 0.15) is 6.61 Å². The Balaban J connectivity index is 1.60. The zero-order chi connectivity index (χ0) is 25.5. The van der Waals surface area contributed by atoms with Crippen molar-refractivity contribution in [3.63, 3.8) is 0 Å². The molecule has 1 saturated heterocycles. The van der Waals surface area contributed by atoms with Gasteiger partial charge in [0.2, 0.25) is 5.60 Å². The van der Waals surface area contributed by atoms with E-state index in [1.165, 1.54) is 36.4 Å². The molecule has 0 spiro atoms. The van der Waals surface area contributed by atoms with E-state index >= 15 is 0 Å². The molecule has 0 amide bonds. The van der Waals surface area contributed by atoms with E-state index in [4.69, 9.17) is 18.9 Å². The lowest BCUT2D eigenvalue weighted by molar-refractivity contribution is -0.175. The van der Waals surface area contributed by atoms with Crippen LogP contribution >= 0.6 is 0 Å². The monoisotopic (exact) mass is 496 g/mol. The molecule has 186 valence electrons. The lowest BCUT2D eigenvalue weighted by Crippen LogP contribution is -2.55. The number of hydrogen-bond acceptors (Lipinski definition) is 7. The number of carbonyl (C=O) groups excluding carboxylic acids is 3. The zero-order valence-electron chi connectivity index (χ0n) is 18.9. The summed E-state index contributed by atoms with van der Waals surface area (Å²) in [7, 11) is 0. The highest BCUT2D eigenvalue weighted by Gasteiger charge is 2.61. The third kappa shape index (κ3) is 5.41. The fourth-order valence-corrected chi connectivity index (χ4v) is 3.74. The Morgan fingerprint density at radius 2 is 1.19 bits per heavy atom. The Hall–Kier alpha value is -4.11. The first-order valence-electron chi connectivity index (χ1n) is 11.1. The van der Waals surface area contributed by atoms with Crippen molar-refractivity contribution in [1.82, 2.24) is 0 Å². The van der Waals surface area contributed by atoms with E-state index in [1.807, 2.05) is 0 Å². The van der Waals surface area contributed by atoms with E-state index in [2.05, 4.69) is 0 Å². The van der Waals surface area contributed by atoms with E-state index in [1.54, 1.807) is 54.6 Å². The van der Waals surface area contributed by atoms with Crippen molar-refractivity contribution in [3.8, 4) is 0 Å². The first kappa shape index (κ1) is 25.0. The molecule has 0 bridgehead atoms. The maximum atomic E-state index is 14.5. The molecule has 1 fully saturated rings. The molecule has 4 rings (SSSR count). The smallest absolute Gasteiger partial charge is 0.338 e. The largest absolute Gasteiger partial charge is 0.459 e. The van der Waals surface area contributed by atoms with Crippen molar-refractivity contribution in [2.75, 3.05) is 13.2 Å². The van der Waals surface area contributed by atoms with Gasteiger partial charge in [0.25, 0.3) is 6.43 Å². The van der Waals surface area contributed by atoms with Crippen LogP contribution in [0.15, 0.2) is 91.0 Å². The van der Waals surface area contributed by atoms with Gasteiger partial charge < -0.3 is 18.9 Å². The minimum Gasteiger partial charge on any atom is -0.459 e. The number of rotatable bonds is 8. The van der Waals surface area contributed by atoms with Gasteiger partial charge in [-0.1, -0.05) is 54.6 Å². The van der Waals surface area contributed by atoms with Crippen LogP contribution in [0.4, 0.5) is 8.78 Å². The summed E-state index contributed by atoms with van der Waals surface area (Å²) >= 11 is 0. The number of ether oxygens (including phenoxy) is 4. The summed E-state index contributed by atoms with van der Waals surface area (Å²) in [5, 5.41) is 0. The van der Waals surface area contributed by atoms with Gasteiger partial charge in [-0.2, -0.15) is 0 Å². The second kappa shape index (κ2) is 11.1. The molecule has 0 radical (unpaired) electrons. The highest BCUT2D eigenvalue weighted by atomic mass is 19.3. The summed E-state index contributed by atoms with van der Waals surface area (Å²) in [6, 6.07) is 23.4. The Morgan fingerprint density at radius 1 is 0.750 bits per heavy atom. The summed E-state index contributed by atoms with van der Waals surface area (Å²) in [5.41, 5.74) is -2.14. The van der Waals surface area contributed by atoms with Gasteiger partial charge in [-0.25, -0.2) is 23.2 Å². The van der Waals surface area contributed by atoms with Gasteiger partial charge in [0, 0.05) is 0 Å². The number of esters is 3. The molecule has 1 heterocycles. The number of hydrogen-bond donors (Lipinski definition) is 0. The molecule has 3 aromatic carbocycles. The fraction of sp³-hybridized carbons (Fsp3) is 0.222. The van der Waals surface area contributed by atoms with Crippen LogP contribution in [0.1, 0.15) is 31.1 Å². The quantitative estimate of drug-likeness (QED) is 0.339. The van der Waals surface area contributed by atoms with Crippen molar-refractivity contribution < 1.29 is 42.1 Å². The molecule has 3 aromatic rings. The summed E-state index contributed by atoms with van der Waals surface area (Å²) in [4.78, 5) is 37.9. The maximum absolute atomic E-state index is 14.5. The van der Waals surface area contributed by atoms with Gasteiger partial charge in [-0.15, -0.1) is 0 Å². The number of carbonyl (C=O) groups is 3. The van der Waals surface area contributed by atoms with Crippen molar-refractivity contribution in [2.24, 2.45) is 0 Å². The Bertz CT molecular complexity index is 1190. The van der Waals surface area contributed by atoms with Crippen molar-refractivity contribution in [2.45, 2.75) is 24.2 Å². The molecule has 9 heteroatoms. The molecule has 0 saturated carbocycles. The van der Waals surface area contributed by atoms with Gasteiger partial charge in [-0.3, -0.25) is 0 Å². The van der Waals surface area contributed by atoms with Crippen LogP contribution in [0.5, 0.6) is 0 Å². The van der Waals surface area contributed by atoms with E-state index < -0.39 is 55.4 Å². The lowest BCUT2D eigenvalue weighted by Gasteiger charge is -2.33. The molecule has 0 unspecified atom stereocenters. The SMILES string of the molecule is O=C(OC[C@@]1(C(F)F)OC[C@H](OC(=O)c2ccccc2)[C@@H]1OC(=O)c1ccccc1)c1ccccc1. The average molecular weight is 496 g/mol. The highest BCUT2D eigenvalue weighted by Crippen LogP contribution is 2.37. The van der Waals surface area contributed by atoms with Gasteiger partial charge >= 0.3 is 17.9 Å². The van der Waals surface area contributed by atoms with Crippen LogP contribution < -0.4 is 0 Å². The molecule has 0 aromatic heterocycles. The van der Waals surface area contributed by atoms with Crippen LogP contribution in [0, 0.1) is 0 Å². The minimum atomic E-state index is -3.25. The lowest BCUT2D eigenvalue weighted by atomic mass is 9.96. The molecule has 0 aliphatic carbocycles. The van der Waals surface area contributed by atoms with E-state index in [9.17, 15) is 23.2 Å². The molecular weight excluding hydrogens is 474 g/mol.